The highest BCUT2D eigenvalue weighted by atomic mass is 16.5. The van der Waals surface area contributed by atoms with Crippen LogP contribution in [-0.2, 0) is 11.8 Å². The predicted octanol–water partition coefficient (Wildman–Crippen LogP) is 1.95. The number of carbonyl (C=O) groups is 1. The maximum absolute atomic E-state index is 12.8. The SMILES string of the molecule is COc1ccc(C)cc1NC(=O)[C@H]1CCCN(c2cnn(C)c(=O)c2)C1. The first-order valence-electron chi connectivity index (χ1n) is 8.71. The second kappa shape index (κ2) is 7.59. The number of nitrogens with zero attached hydrogens (tertiary/aromatic N) is 3. The van der Waals surface area contributed by atoms with Gasteiger partial charge >= 0.3 is 0 Å². The highest BCUT2D eigenvalue weighted by Crippen LogP contribution is 2.28. The van der Waals surface area contributed by atoms with Gasteiger partial charge in [0, 0.05) is 26.2 Å². The number of methoxy groups -OCH3 is 1. The monoisotopic (exact) mass is 356 g/mol. The molecule has 1 fully saturated rings. The van der Waals surface area contributed by atoms with E-state index in [-0.39, 0.29) is 17.4 Å². The molecule has 1 saturated heterocycles. The Hall–Kier alpha value is -2.83. The van der Waals surface area contributed by atoms with E-state index in [0.29, 0.717) is 18.0 Å². The van der Waals surface area contributed by atoms with Crippen LogP contribution in [0.4, 0.5) is 11.4 Å². The standard InChI is InChI=1S/C19H24N4O3/c1-13-6-7-17(26-3)16(9-13)21-19(25)14-5-4-8-23(12-14)15-10-18(24)22(2)20-11-15/h6-7,9-11,14H,4-5,8,12H2,1-3H3,(H,21,25)/t14-/m0/s1. The van der Waals surface area contributed by atoms with Gasteiger partial charge in [-0.2, -0.15) is 5.10 Å². The second-order valence-corrected chi connectivity index (χ2v) is 6.65. The molecule has 0 radical (unpaired) electrons. The zero-order valence-electron chi connectivity index (χ0n) is 15.4. The van der Waals surface area contributed by atoms with Crippen molar-refractivity contribution in [2.45, 2.75) is 19.8 Å². The van der Waals surface area contributed by atoms with Crippen LogP contribution in [0.5, 0.6) is 5.75 Å². The van der Waals surface area contributed by atoms with E-state index in [2.05, 4.69) is 15.3 Å². The third kappa shape index (κ3) is 3.87. The largest absolute Gasteiger partial charge is 0.495 e. The molecule has 7 nitrogen and oxygen atoms in total. The molecule has 1 aromatic carbocycles. The van der Waals surface area contributed by atoms with E-state index < -0.39 is 0 Å². The fourth-order valence-electron chi connectivity index (χ4n) is 3.21. The van der Waals surface area contributed by atoms with Gasteiger partial charge in [-0.15, -0.1) is 0 Å². The predicted molar refractivity (Wildman–Crippen MR) is 101 cm³/mol. The van der Waals surface area contributed by atoms with Crippen LogP contribution in [0.25, 0.3) is 0 Å². The lowest BCUT2D eigenvalue weighted by atomic mass is 9.96. The van der Waals surface area contributed by atoms with Crippen LogP contribution in [0.2, 0.25) is 0 Å². The Labute approximate surface area is 152 Å². The number of amides is 1. The molecule has 0 aliphatic carbocycles. The van der Waals surface area contributed by atoms with E-state index in [1.807, 2.05) is 25.1 Å². The summed E-state index contributed by atoms with van der Waals surface area (Å²) >= 11 is 0. The van der Waals surface area contributed by atoms with Crippen molar-refractivity contribution in [1.82, 2.24) is 9.78 Å². The van der Waals surface area contributed by atoms with Gasteiger partial charge < -0.3 is 15.0 Å². The average molecular weight is 356 g/mol. The molecule has 1 amide bonds. The number of hydrogen-bond donors (Lipinski definition) is 1. The summed E-state index contributed by atoms with van der Waals surface area (Å²) < 4.78 is 6.63. The Morgan fingerprint density at radius 3 is 2.88 bits per heavy atom. The number of carbonyl (C=O) groups excluding carboxylic acids is 1. The number of piperidine rings is 1. The molecule has 3 rings (SSSR count). The molecule has 1 N–H and O–H groups in total. The van der Waals surface area contributed by atoms with Crippen molar-refractivity contribution >= 4 is 17.3 Å². The molecule has 2 heterocycles. The van der Waals surface area contributed by atoms with Crippen LogP contribution >= 0.6 is 0 Å². The van der Waals surface area contributed by atoms with Crippen molar-refractivity contribution in [3.63, 3.8) is 0 Å². The lowest BCUT2D eigenvalue weighted by molar-refractivity contribution is -0.120. The molecule has 138 valence electrons. The van der Waals surface area contributed by atoms with Crippen LogP contribution in [0.1, 0.15) is 18.4 Å². The fraction of sp³-hybridized carbons (Fsp3) is 0.421. The van der Waals surface area contributed by atoms with Crippen LogP contribution in [0.3, 0.4) is 0 Å². The minimum Gasteiger partial charge on any atom is -0.495 e. The molecular weight excluding hydrogens is 332 g/mol. The van der Waals surface area contributed by atoms with Gasteiger partial charge in [0.15, 0.2) is 0 Å². The number of aryl methyl sites for hydroxylation is 2. The Morgan fingerprint density at radius 1 is 1.35 bits per heavy atom. The first-order chi connectivity index (χ1) is 12.5. The van der Waals surface area contributed by atoms with E-state index >= 15 is 0 Å². The van der Waals surface area contributed by atoms with Crippen LogP contribution in [-0.4, -0.2) is 35.9 Å². The highest BCUT2D eigenvalue weighted by molar-refractivity contribution is 5.94. The van der Waals surface area contributed by atoms with Crippen molar-refractivity contribution in [3.8, 4) is 5.75 Å². The molecule has 26 heavy (non-hydrogen) atoms. The molecule has 1 aromatic heterocycles. The van der Waals surface area contributed by atoms with Gasteiger partial charge in [-0.25, -0.2) is 4.68 Å². The third-order valence-electron chi connectivity index (χ3n) is 4.72. The maximum atomic E-state index is 12.8. The molecular formula is C19H24N4O3. The normalized spacial score (nSPS) is 17.0. The quantitative estimate of drug-likeness (QED) is 0.906. The summed E-state index contributed by atoms with van der Waals surface area (Å²) in [7, 11) is 3.21. The number of rotatable bonds is 4. The summed E-state index contributed by atoms with van der Waals surface area (Å²) in [5.74, 6) is 0.459. The molecule has 1 aliphatic rings. The van der Waals surface area contributed by atoms with Crippen LogP contribution in [0.15, 0.2) is 35.3 Å². The van der Waals surface area contributed by atoms with E-state index in [9.17, 15) is 9.59 Å². The van der Waals surface area contributed by atoms with Crippen molar-refractivity contribution < 1.29 is 9.53 Å². The lowest BCUT2D eigenvalue weighted by Gasteiger charge is -2.33. The molecule has 0 saturated carbocycles. The number of benzene rings is 1. The zero-order chi connectivity index (χ0) is 18.7. The first-order valence-corrected chi connectivity index (χ1v) is 8.71. The van der Waals surface area contributed by atoms with Gasteiger partial charge in [0.25, 0.3) is 5.56 Å². The van der Waals surface area contributed by atoms with Crippen LogP contribution in [0, 0.1) is 12.8 Å². The average Bonchev–Trinajstić information content (AvgIpc) is 2.64. The minimum absolute atomic E-state index is 0.0320. The maximum Gasteiger partial charge on any atom is 0.268 e. The summed E-state index contributed by atoms with van der Waals surface area (Å²) in [6.07, 6.45) is 3.37. The van der Waals surface area contributed by atoms with Gasteiger partial charge in [-0.05, 0) is 37.5 Å². The smallest absolute Gasteiger partial charge is 0.268 e. The molecule has 1 atom stereocenters. The van der Waals surface area contributed by atoms with Gasteiger partial charge in [0.1, 0.15) is 5.75 Å². The third-order valence-corrected chi connectivity index (χ3v) is 4.72. The Bertz CT molecular complexity index is 862. The van der Waals surface area contributed by atoms with E-state index in [0.717, 1.165) is 30.6 Å². The van der Waals surface area contributed by atoms with Crippen molar-refractivity contribution in [3.05, 3.63) is 46.4 Å². The van der Waals surface area contributed by atoms with Gasteiger partial charge in [0.05, 0.1) is 30.6 Å². The summed E-state index contributed by atoms with van der Waals surface area (Å²) in [6, 6.07) is 7.27. The zero-order valence-corrected chi connectivity index (χ0v) is 15.4. The summed E-state index contributed by atoms with van der Waals surface area (Å²) in [5.41, 5.74) is 2.35. The van der Waals surface area contributed by atoms with E-state index in [4.69, 9.17) is 4.74 Å². The van der Waals surface area contributed by atoms with Crippen molar-refractivity contribution in [2.24, 2.45) is 13.0 Å². The topological polar surface area (TPSA) is 76.5 Å². The minimum atomic E-state index is -0.155. The second-order valence-electron chi connectivity index (χ2n) is 6.65. The molecule has 7 heteroatoms. The summed E-state index contributed by atoms with van der Waals surface area (Å²) in [6.45, 7) is 3.35. The van der Waals surface area contributed by atoms with Crippen LogP contribution < -0.4 is 20.5 Å². The summed E-state index contributed by atoms with van der Waals surface area (Å²) in [4.78, 5) is 26.6. The fourth-order valence-corrected chi connectivity index (χ4v) is 3.21. The number of anilines is 2. The van der Waals surface area contributed by atoms with Crippen molar-refractivity contribution in [1.29, 1.82) is 0 Å². The Balaban J connectivity index is 1.73. The number of hydrogen-bond acceptors (Lipinski definition) is 5. The van der Waals surface area contributed by atoms with Gasteiger partial charge in [-0.3, -0.25) is 9.59 Å². The molecule has 0 spiro atoms. The van der Waals surface area contributed by atoms with E-state index in [1.54, 1.807) is 26.4 Å². The molecule has 0 bridgehead atoms. The highest BCUT2D eigenvalue weighted by Gasteiger charge is 2.27. The lowest BCUT2D eigenvalue weighted by Crippen LogP contribution is -2.41. The Kier molecular flexibility index (Phi) is 5.25. The first kappa shape index (κ1) is 18.0. The molecule has 0 unspecified atom stereocenters. The number of ether oxygens (including phenoxy) is 1. The van der Waals surface area contributed by atoms with Crippen molar-refractivity contribution in [2.75, 3.05) is 30.4 Å². The number of nitrogens with one attached hydrogen (secondary N) is 1. The molecule has 1 aliphatic heterocycles. The van der Waals surface area contributed by atoms with Gasteiger partial charge in [0.2, 0.25) is 5.91 Å². The summed E-state index contributed by atoms with van der Waals surface area (Å²) in [5, 5.41) is 7.06. The number of aromatic nitrogens is 2. The van der Waals surface area contributed by atoms with Gasteiger partial charge in [-0.1, -0.05) is 6.07 Å². The molecule has 2 aromatic rings. The Morgan fingerprint density at radius 2 is 2.15 bits per heavy atom. The van der Waals surface area contributed by atoms with E-state index in [1.165, 1.54) is 4.68 Å².